The van der Waals surface area contributed by atoms with Gasteiger partial charge in [-0.25, -0.2) is 13.4 Å². The Labute approximate surface area is 214 Å². The molecule has 196 valence electrons. The van der Waals surface area contributed by atoms with Crippen LogP contribution < -0.4 is 9.62 Å². The number of pyridine rings is 1. The molecular weight excluding hydrogens is 531 g/mol. The predicted molar refractivity (Wildman–Crippen MR) is 127 cm³/mol. The Morgan fingerprint density at radius 3 is 2.57 bits per heavy atom. The quantitative estimate of drug-likeness (QED) is 0.471. The molecule has 1 saturated carbocycles. The third kappa shape index (κ3) is 4.80. The highest BCUT2D eigenvalue weighted by Crippen LogP contribution is 2.39. The minimum absolute atomic E-state index is 0.0127. The van der Waals surface area contributed by atoms with E-state index in [2.05, 4.69) is 19.9 Å². The minimum atomic E-state index is -4.68. The second-order valence-corrected chi connectivity index (χ2v) is 11.8. The van der Waals surface area contributed by atoms with Crippen LogP contribution in [0.25, 0.3) is 16.3 Å². The molecule has 0 unspecified atom stereocenters. The lowest BCUT2D eigenvalue weighted by molar-refractivity contribution is -0.138. The number of alkyl halides is 3. The molecule has 0 atom stereocenters. The molecule has 1 saturated heterocycles. The van der Waals surface area contributed by atoms with Crippen molar-refractivity contribution in [2.24, 2.45) is 5.92 Å². The lowest BCUT2D eigenvalue weighted by Crippen LogP contribution is -2.37. The first-order chi connectivity index (χ1) is 17.5. The third-order valence-electron chi connectivity index (χ3n) is 6.70. The van der Waals surface area contributed by atoms with Gasteiger partial charge in [-0.2, -0.15) is 23.2 Å². The highest BCUT2D eigenvalue weighted by molar-refractivity contribution is 7.89. The van der Waals surface area contributed by atoms with Crippen molar-refractivity contribution in [3.63, 3.8) is 0 Å². The number of piperidine rings is 1. The second kappa shape index (κ2) is 9.03. The van der Waals surface area contributed by atoms with Crippen molar-refractivity contribution in [2.45, 2.75) is 55.6 Å². The Hall–Kier alpha value is -3.09. The number of halogens is 3. The van der Waals surface area contributed by atoms with E-state index in [1.807, 2.05) is 17.9 Å². The van der Waals surface area contributed by atoms with E-state index < -0.39 is 26.7 Å². The normalized spacial score (nSPS) is 18.2. The van der Waals surface area contributed by atoms with Gasteiger partial charge in [-0.1, -0.05) is 18.3 Å². The first-order valence-electron chi connectivity index (χ1n) is 11.6. The highest BCUT2D eigenvalue weighted by atomic mass is 32.2. The van der Waals surface area contributed by atoms with Gasteiger partial charge in [0.25, 0.3) is 0 Å². The summed E-state index contributed by atoms with van der Waals surface area (Å²) in [5.41, 5.74) is -0.184. The van der Waals surface area contributed by atoms with E-state index in [1.165, 1.54) is 22.9 Å². The van der Waals surface area contributed by atoms with Crippen molar-refractivity contribution < 1.29 is 26.4 Å². The van der Waals surface area contributed by atoms with Crippen LogP contribution in [0.5, 0.6) is 0 Å². The van der Waals surface area contributed by atoms with Crippen LogP contribution >= 0.6 is 11.3 Å². The number of nitriles is 1. The molecule has 0 spiro atoms. The number of nitrogens with zero attached hydrogens (tertiary/aromatic N) is 6. The third-order valence-corrected chi connectivity index (χ3v) is 9.16. The second-order valence-electron chi connectivity index (χ2n) is 9.19. The first-order valence-corrected chi connectivity index (χ1v) is 13.9. The van der Waals surface area contributed by atoms with Crippen LogP contribution in [0.4, 0.5) is 18.9 Å². The zero-order chi connectivity index (χ0) is 26.6. The SMILES string of the molecule is CCC(=O)C1CCN(c2cc(S(=O)(=O)NC3(C#N)CC3)cn3c(-c4nnc(C(F)(F)F)s4)ncc23)CC1. The summed E-state index contributed by atoms with van der Waals surface area (Å²) in [6, 6.07) is 3.46. The molecular formula is C22H22F3N7O3S2. The van der Waals surface area contributed by atoms with Gasteiger partial charge < -0.3 is 4.90 Å². The number of hydrogen-bond donors (Lipinski definition) is 1. The molecule has 4 heterocycles. The maximum atomic E-state index is 13.3. The average molecular weight is 554 g/mol. The monoisotopic (exact) mass is 553 g/mol. The number of carbonyl (C=O) groups excluding carboxylic acids is 1. The van der Waals surface area contributed by atoms with Crippen LogP contribution in [0.2, 0.25) is 0 Å². The zero-order valence-electron chi connectivity index (χ0n) is 19.6. The summed E-state index contributed by atoms with van der Waals surface area (Å²) >= 11 is 0.307. The van der Waals surface area contributed by atoms with Gasteiger partial charge in [0, 0.05) is 31.6 Å². The number of nitrogens with one attached hydrogen (secondary N) is 1. The molecule has 2 aliphatic rings. The summed E-state index contributed by atoms with van der Waals surface area (Å²) in [7, 11) is -4.16. The topological polar surface area (TPSA) is 133 Å². The Bertz CT molecular complexity index is 1510. The maximum Gasteiger partial charge on any atom is 0.445 e. The number of anilines is 1. The van der Waals surface area contributed by atoms with Crippen LogP contribution in [-0.2, 0) is 21.0 Å². The molecule has 15 heteroatoms. The van der Waals surface area contributed by atoms with Gasteiger partial charge in [0.05, 0.1) is 23.5 Å². The molecule has 1 N–H and O–H groups in total. The van der Waals surface area contributed by atoms with Gasteiger partial charge in [0.2, 0.25) is 15.0 Å². The van der Waals surface area contributed by atoms with Gasteiger partial charge in [0.1, 0.15) is 16.2 Å². The lowest BCUT2D eigenvalue weighted by atomic mass is 9.91. The molecule has 3 aromatic rings. The van der Waals surface area contributed by atoms with E-state index in [-0.39, 0.29) is 27.4 Å². The van der Waals surface area contributed by atoms with Crippen molar-refractivity contribution in [1.29, 1.82) is 5.26 Å². The van der Waals surface area contributed by atoms with Gasteiger partial charge >= 0.3 is 6.18 Å². The summed E-state index contributed by atoms with van der Waals surface area (Å²) in [6.07, 6.45) is 0.445. The first kappa shape index (κ1) is 25.6. The fourth-order valence-electron chi connectivity index (χ4n) is 4.45. The number of ketones is 1. The number of carbonyl (C=O) groups is 1. The molecule has 5 rings (SSSR count). The summed E-state index contributed by atoms with van der Waals surface area (Å²) in [4.78, 5) is 18.2. The van der Waals surface area contributed by atoms with E-state index >= 15 is 0 Å². The maximum absolute atomic E-state index is 13.3. The number of aromatic nitrogens is 4. The van der Waals surface area contributed by atoms with Gasteiger partial charge in [0.15, 0.2) is 10.8 Å². The molecule has 10 nitrogen and oxygen atoms in total. The van der Waals surface area contributed by atoms with E-state index in [1.54, 1.807) is 0 Å². The van der Waals surface area contributed by atoms with Crippen molar-refractivity contribution in [3.05, 3.63) is 23.5 Å². The van der Waals surface area contributed by atoms with E-state index in [0.717, 1.165) is 0 Å². The van der Waals surface area contributed by atoms with Crippen LogP contribution in [-0.4, -0.2) is 52.4 Å². The van der Waals surface area contributed by atoms with E-state index in [9.17, 15) is 31.6 Å². The van der Waals surface area contributed by atoms with E-state index in [4.69, 9.17) is 0 Å². The van der Waals surface area contributed by atoms with E-state index in [0.29, 0.717) is 67.7 Å². The van der Waals surface area contributed by atoms with Crippen LogP contribution in [0.15, 0.2) is 23.4 Å². The fraction of sp³-hybridized carbons (Fsp3) is 0.500. The van der Waals surface area contributed by atoms with Crippen molar-refractivity contribution in [3.8, 4) is 16.9 Å². The standard InChI is InChI=1S/C22H22F3N7O3S2/c1-2-17(33)13-3-7-31(8-4-13)15-9-14(37(34,35)30-21(12-26)5-6-21)11-32-16(15)10-27-18(32)19-28-29-20(36-19)22(23,24)25/h9-11,13,30H,2-8H2,1H3. The average Bonchev–Trinajstić information content (AvgIpc) is 3.25. The van der Waals surface area contributed by atoms with Crippen LogP contribution in [0.1, 0.15) is 44.0 Å². The molecule has 2 fully saturated rings. The molecule has 0 amide bonds. The Morgan fingerprint density at radius 2 is 2.00 bits per heavy atom. The van der Waals surface area contributed by atoms with Crippen molar-refractivity contribution in [2.75, 3.05) is 18.0 Å². The number of imidazole rings is 1. The van der Waals surface area contributed by atoms with Crippen molar-refractivity contribution in [1.82, 2.24) is 24.3 Å². The number of Topliss-reactive ketones (excluding diaryl/α,β-unsaturated/α-hetero) is 1. The smallest absolute Gasteiger partial charge is 0.370 e. The summed E-state index contributed by atoms with van der Waals surface area (Å²) in [5.74, 6) is 0.123. The Balaban J connectivity index is 1.60. The van der Waals surface area contributed by atoms with Crippen LogP contribution in [0.3, 0.4) is 0 Å². The summed E-state index contributed by atoms with van der Waals surface area (Å²) in [5, 5.41) is 15.0. The molecule has 0 aromatic carbocycles. The molecule has 0 radical (unpaired) electrons. The largest absolute Gasteiger partial charge is 0.445 e. The molecule has 1 aliphatic carbocycles. The van der Waals surface area contributed by atoms with Gasteiger partial charge in [-0.05, 0) is 31.7 Å². The minimum Gasteiger partial charge on any atom is -0.370 e. The molecule has 37 heavy (non-hydrogen) atoms. The highest BCUT2D eigenvalue weighted by Gasteiger charge is 2.47. The zero-order valence-corrected chi connectivity index (χ0v) is 21.3. The fourth-order valence-corrected chi connectivity index (χ4v) is 6.55. The predicted octanol–water partition coefficient (Wildman–Crippen LogP) is 3.40. The molecule has 0 bridgehead atoms. The number of fused-ring (bicyclic) bond motifs is 1. The number of hydrogen-bond acceptors (Lipinski definition) is 9. The van der Waals surface area contributed by atoms with Gasteiger partial charge in [-0.15, -0.1) is 10.2 Å². The molecule has 3 aromatic heterocycles. The number of rotatable bonds is 7. The Morgan fingerprint density at radius 1 is 1.30 bits per heavy atom. The Kier molecular flexibility index (Phi) is 6.24. The lowest BCUT2D eigenvalue weighted by Gasteiger charge is -2.33. The number of sulfonamides is 1. The summed E-state index contributed by atoms with van der Waals surface area (Å²) < 4.78 is 69.8. The van der Waals surface area contributed by atoms with Crippen LogP contribution in [0, 0.1) is 17.2 Å². The molecule has 1 aliphatic heterocycles. The van der Waals surface area contributed by atoms with Crippen molar-refractivity contribution >= 4 is 38.3 Å². The van der Waals surface area contributed by atoms with Gasteiger partial charge in [-0.3, -0.25) is 9.20 Å². The summed E-state index contributed by atoms with van der Waals surface area (Å²) in [6.45, 7) is 2.80.